The van der Waals surface area contributed by atoms with Crippen molar-refractivity contribution >= 4 is 44.7 Å². The lowest BCUT2D eigenvalue weighted by atomic mass is 9.95. The number of fused-ring (bicyclic) bond motifs is 1. The molecule has 0 spiro atoms. The molecule has 162 valence electrons. The van der Waals surface area contributed by atoms with E-state index in [9.17, 15) is 4.79 Å². The summed E-state index contributed by atoms with van der Waals surface area (Å²) in [7, 11) is 0. The first-order valence-electron chi connectivity index (χ1n) is 11.2. The first-order chi connectivity index (χ1) is 15.1. The van der Waals surface area contributed by atoms with E-state index in [-0.39, 0.29) is 11.8 Å². The van der Waals surface area contributed by atoms with E-state index in [1.807, 2.05) is 12.1 Å². The topological polar surface area (TPSA) is 61.4 Å². The van der Waals surface area contributed by atoms with E-state index in [0.29, 0.717) is 0 Å². The van der Waals surface area contributed by atoms with E-state index in [2.05, 4.69) is 51.1 Å². The number of benzene rings is 1. The average Bonchev–Trinajstić information content (AvgIpc) is 3.43. The third-order valence-electron chi connectivity index (χ3n) is 6.72. The zero-order valence-electron chi connectivity index (χ0n) is 18.2. The molecule has 4 heterocycles. The van der Waals surface area contributed by atoms with Gasteiger partial charge in [0.25, 0.3) is 0 Å². The van der Waals surface area contributed by atoms with Gasteiger partial charge < -0.3 is 15.1 Å². The van der Waals surface area contributed by atoms with Crippen LogP contribution in [0.2, 0.25) is 0 Å². The molecular weight excluding hydrogens is 406 g/mol. The van der Waals surface area contributed by atoms with Crippen LogP contribution in [0.15, 0.2) is 30.6 Å². The van der Waals surface area contributed by atoms with Gasteiger partial charge in [0.1, 0.15) is 17.0 Å². The molecule has 2 fully saturated rings. The molecule has 0 aliphatic carbocycles. The van der Waals surface area contributed by atoms with Crippen molar-refractivity contribution in [2.24, 2.45) is 5.92 Å². The summed E-state index contributed by atoms with van der Waals surface area (Å²) < 4.78 is 0. The number of thiophene rings is 1. The standard InChI is InChI=1S/C24H29N5OS/c1-16-17(2)31-24-21(16)22(25-15-26-24)29-13-9-18(10-14-29)23(30)27-19-7-3-4-8-20(19)28-11-5-6-12-28/h3-4,7-8,15,18H,5-6,9-14H2,1-2H3,(H,27,30). The summed E-state index contributed by atoms with van der Waals surface area (Å²) in [6.45, 7) is 8.11. The summed E-state index contributed by atoms with van der Waals surface area (Å²) in [5.41, 5.74) is 3.37. The Morgan fingerprint density at radius 2 is 1.77 bits per heavy atom. The van der Waals surface area contributed by atoms with Crippen molar-refractivity contribution in [1.82, 2.24) is 9.97 Å². The second-order valence-corrected chi connectivity index (χ2v) is 9.83. The molecule has 3 aromatic rings. The molecule has 0 saturated carbocycles. The lowest BCUT2D eigenvalue weighted by Gasteiger charge is -2.33. The minimum Gasteiger partial charge on any atom is -0.370 e. The van der Waals surface area contributed by atoms with Crippen LogP contribution in [0.1, 0.15) is 36.1 Å². The molecule has 1 N–H and O–H groups in total. The van der Waals surface area contributed by atoms with E-state index in [0.717, 1.165) is 61.0 Å². The van der Waals surface area contributed by atoms with Gasteiger partial charge in [0.2, 0.25) is 5.91 Å². The van der Waals surface area contributed by atoms with Crippen LogP contribution in [0.25, 0.3) is 10.2 Å². The first-order valence-corrected chi connectivity index (χ1v) is 12.0. The van der Waals surface area contributed by atoms with Crippen LogP contribution < -0.4 is 15.1 Å². The number of aromatic nitrogens is 2. The fourth-order valence-electron chi connectivity index (χ4n) is 4.80. The highest BCUT2D eigenvalue weighted by Gasteiger charge is 2.28. The lowest BCUT2D eigenvalue weighted by molar-refractivity contribution is -0.120. The molecule has 7 heteroatoms. The summed E-state index contributed by atoms with van der Waals surface area (Å²) >= 11 is 1.73. The number of nitrogens with one attached hydrogen (secondary N) is 1. The average molecular weight is 436 g/mol. The van der Waals surface area contributed by atoms with Gasteiger partial charge in [0.15, 0.2) is 0 Å². The van der Waals surface area contributed by atoms with Gasteiger partial charge in [-0.2, -0.15) is 0 Å². The lowest BCUT2D eigenvalue weighted by Crippen LogP contribution is -2.38. The molecule has 1 amide bonds. The van der Waals surface area contributed by atoms with Gasteiger partial charge in [-0.05, 0) is 57.2 Å². The molecule has 0 unspecified atom stereocenters. The van der Waals surface area contributed by atoms with Gasteiger partial charge in [0.05, 0.1) is 16.8 Å². The van der Waals surface area contributed by atoms with E-state index < -0.39 is 0 Å². The summed E-state index contributed by atoms with van der Waals surface area (Å²) in [4.78, 5) is 29.2. The van der Waals surface area contributed by atoms with Crippen LogP contribution >= 0.6 is 11.3 Å². The van der Waals surface area contributed by atoms with Crippen molar-refractivity contribution in [1.29, 1.82) is 0 Å². The molecule has 2 aliphatic rings. The Kier molecular flexibility index (Phi) is 5.52. The summed E-state index contributed by atoms with van der Waals surface area (Å²) in [6.07, 6.45) is 5.79. The first kappa shape index (κ1) is 20.2. The zero-order valence-corrected chi connectivity index (χ0v) is 19.0. The highest BCUT2D eigenvalue weighted by atomic mass is 32.1. The van der Waals surface area contributed by atoms with Gasteiger partial charge in [0, 0.05) is 37.0 Å². The summed E-state index contributed by atoms with van der Waals surface area (Å²) in [6, 6.07) is 8.21. The molecule has 31 heavy (non-hydrogen) atoms. The SMILES string of the molecule is Cc1sc2ncnc(N3CCC(C(=O)Nc4ccccc4N4CCCC4)CC3)c2c1C. The fraction of sp³-hybridized carbons (Fsp3) is 0.458. The number of amides is 1. The third-order valence-corrected chi connectivity index (χ3v) is 7.83. The van der Waals surface area contributed by atoms with Crippen LogP contribution in [0.4, 0.5) is 17.2 Å². The maximum absolute atomic E-state index is 13.1. The van der Waals surface area contributed by atoms with Crippen molar-refractivity contribution in [2.75, 3.05) is 41.3 Å². The Morgan fingerprint density at radius 3 is 2.55 bits per heavy atom. The molecular formula is C24H29N5OS. The summed E-state index contributed by atoms with van der Waals surface area (Å²) in [5, 5.41) is 4.40. The van der Waals surface area contributed by atoms with Crippen molar-refractivity contribution in [3.8, 4) is 0 Å². The smallest absolute Gasteiger partial charge is 0.227 e. The number of rotatable bonds is 4. The fourth-order valence-corrected chi connectivity index (χ4v) is 5.80. The highest BCUT2D eigenvalue weighted by molar-refractivity contribution is 7.18. The van der Waals surface area contributed by atoms with Crippen LogP contribution in [0.3, 0.4) is 0 Å². The number of anilines is 3. The van der Waals surface area contributed by atoms with Crippen LogP contribution in [-0.2, 0) is 4.79 Å². The number of para-hydroxylation sites is 2. The number of carbonyl (C=O) groups is 1. The number of nitrogens with zero attached hydrogens (tertiary/aromatic N) is 4. The van der Waals surface area contributed by atoms with Gasteiger partial charge in [-0.1, -0.05) is 12.1 Å². The second-order valence-electron chi connectivity index (χ2n) is 8.62. The predicted octanol–water partition coefficient (Wildman–Crippen LogP) is 4.76. The molecule has 0 radical (unpaired) electrons. The van der Waals surface area contributed by atoms with Gasteiger partial charge in [-0.25, -0.2) is 9.97 Å². The maximum atomic E-state index is 13.1. The molecule has 2 saturated heterocycles. The van der Waals surface area contributed by atoms with E-state index in [1.165, 1.54) is 28.7 Å². The van der Waals surface area contributed by atoms with Crippen molar-refractivity contribution in [3.63, 3.8) is 0 Å². The van der Waals surface area contributed by atoms with E-state index >= 15 is 0 Å². The van der Waals surface area contributed by atoms with Crippen molar-refractivity contribution in [2.45, 2.75) is 39.5 Å². The third kappa shape index (κ3) is 3.87. The molecule has 6 nitrogen and oxygen atoms in total. The normalized spacial score (nSPS) is 17.5. The minimum absolute atomic E-state index is 0.0329. The van der Waals surface area contributed by atoms with Gasteiger partial charge in [-0.3, -0.25) is 4.79 Å². The number of hydrogen-bond acceptors (Lipinski definition) is 6. The largest absolute Gasteiger partial charge is 0.370 e. The Morgan fingerprint density at radius 1 is 1.03 bits per heavy atom. The van der Waals surface area contributed by atoms with Gasteiger partial charge in [-0.15, -0.1) is 11.3 Å². The summed E-state index contributed by atoms with van der Waals surface area (Å²) in [5.74, 6) is 1.19. The predicted molar refractivity (Wildman–Crippen MR) is 128 cm³/mol. The Balaban J connectivity index is 1.27. The molecule has 5 rings (SSSR count). The molecule has 0 atom stereocenters. The highest BCUT2D eigenvalue weighted by Crippen LogP contribution is 2.36. The van der Waals surface area contributed by atoms with Crippen molar-refractivity contribution < 1.29 is 4.79 Å². The monoisotopic (exact) mass is 435 g/mol. The Labute approximate surface area is 187 Å². The van der Waals surface area contributed by atoms with Crippen molar-refractivity contribution in [3.05, 3.63) is 41.0 Å². The van der Waals surface area contributed by atoms with Crippen LogP contribution in [0.5, 0.6) is 0 Å². The van der Waals surface area contributed by atoms with Crippen LogP contribution in [0, 0.1) is 19.8 Å². The van der Waals surface area contributed by atoms with Gasteiger partial charge >= 0.3 is 0 Å². The molecule has 2 aromatic heterocycles. The van der Waals surface area contributed by atoms with E-state index in [1.54, 1.807) is 17.7 Å². The minimum atomic E-state index is 0.0329. The number of aryl methyl sites for hydroxylation is 2. The second kappa shape index (κ2) is 8.46. The Bertz CT molecular complexity index is 1100. The molecule has 2 aliphatic heterocycles. The number of carbonyl (C=O) groups excluding carboxylic acids is 1. The zero-order chi connectivity index (χ0) is 21.4. The maximum Gasteiger partial charge on any atom is 0.227 e. The van der Waals surface area contributed by atoms with E-state index in [4.69, 9.17) is 0 Å². The van der Waals surface area contributed by atoms with Crippen LogP contribution in [-0.4, -0.2) is 42.1 Å². The molecule has 1 aromatic carbocycles. The number of piperidine rings is 1. The quantitative estimate of drug-likeness (QED) is 0.640. The molecule has 0 bridgehead atoms. The Hall–Kier alpha value is -2.67. The number of hydrogen-bond donors (Lipinski definition) is 1.